The summed E-state index contributed by atoms with van der Waals surface area (Å²) in [7, 11) is 0. The summed E-state index contributed by atoms with van der Waals surface area (Å²) in [4.78, 5) is 23.2. The number of hydrogen-bond acceptors (Lipinski definition) is 3. The van der Waals surface area contributed by atoms with E-state index in [0.29, 0.717) is 28.3 Å². The lowest BCUT2D eigenvalue weighted by Gasteiger charge is -2.09. The molecule has 0 saturated carbocycles. The van der Waals surface area contributed by atoms with Crippen LogP contribution in [0.5, 0.6) is 5.75 Å². The third-order valence-corrected chi connectivity index (χ3v) is 5.47. The Balaban J connectivity index is 1.39. The number of nitrogens with one attached hydrogen (secondary N) is 2. The normalized spacial score (nSPS) is 14.8. The molecule has 1 aliphatic rings. The van der Waals surface area contributed by atoms with E-state index in [0.717, 1.165) is 29.7 Å². The molecule has 31 heavy (non-hydrogen) atoms. The van der Waals surface area contributed by atoms with E-state index >= 15 is 0 Å². The minimum atomic E-state index is -0.181. The fourth-order valence-electron chi connectivity index (χ4n) is 3.25. The first-order valence-corrected chi connectivity index (χ1v) is 10.8. The van der Waals surface area contributed by atoms with Crippen molar-refractivity contribution < 1.29 is 14.3 Å². The highest BCUT2D eigenvalue weighted by atomic mass is 35.5. The molecule has 162 valence electrons. The lowest BCUT2D eigenvalue weighted by molar-refractivity contribution is -0.123. The van der Waals surface area contributed by atoms with Crippen molar-refractivity contribution in [2.45, 2.75) is 19.8 Å². The molecule has 1 aliphatic carbocycles. The number of rotatable bonds is 9. The first-order valence-electron chi connectivity index (χ1n) is 10.0. The summed E-state index contributed by atoms with van der Waals surface area (Å²) in [5.41, 5.74) is 2.99. The highest BCUT2D eigenvalue weighted by Crippen LogP contribution is 2.29. The van der Waals surface area contributed by atoms with E-state index in [1.165, 1.54) is 6.92 Å². The molecule has 2 aromatic rings. The van der Waals surface area contributed by atoms with Gasteiger partial charge in [-0.1, -0.05) is 53.6 Å². The Hall–Kier alpha value is -2.76. The molecule has 0 aliphatic heterocycles. The van der Waals surface area contributed by atoms with E-state index in [1.807, 2.05) is 24.3 Å². The van der Waals surface area contributed by atoms with Crippen molar-refractivity contribution in [3.63, 3.8) is 0 Å². The van der Waals surface area contributed by atoms with Crippen molar-refractivity contribution in [3.05, 3.63) is 76.3 Å². The first kappa shape index (κ1) is 22.9. The van der Waals surface area contributed by atoms with Gasteiger partial charge >= 0.3 is 0 Å². The minimum absolute atomic E-state index is 0.0734. The second-order valence-electron chi connectivity index (χ2n) is 7.26. The molecule has 1 atom stereocenters. The van der Waals surface area contributed by atoms with Crippen LogP contribution >= 0.6 is 23.2 Å². The first-order chi connectivity index (χ1) is 14.9. The van der Waals surface area contributed by atoms with Crippen molar-refractivity contribution in [2.24, 2.45) is 5.92 Å². The average molecular weight is 459 g/mol. The summed E-state index contributed by atoms with van der Waals surface area (Å²) in [6.45, 7) is 2.00. The molecule has 7 heteroatoms. The van der Waals surface area contributed by atoms with Crippen molar-refractivity contribution in [2.75, 3.05) is 18.5 Å². The van der Waals surface area contributed by atoms with Crippen LogP contribution in [0.1, 0.15) is 25.3 Å². The number of allylic oxidation sites excluding steroid dienone is 4. The monoisotopic (exact) mass is 458 g/mol. The van der Waals surface area contributed by atoms with Gasteiger partial charge in [0.05, 0.1) is 10.0 Å². The molecule has 2 N–H and O–H groups in total. The number of carbonyl (C=O) groups excluding carboxylic acids is 2. The largest absolute Gasteiger partial charge is 0.484 e. The summed E-state index contributed by atoms with van der Waals surface area (Å²) in [6.07, 6.45) is 8.25. The highest BCUT2D eigenvalue weighted by Gasteiger charge is 2.12. The zero-order chi connectivity index (χ0) is 22.2. The van der Waals surface area contributed by atoms with Gasteiger partial charge in [0, 0.05) is 25.2 Å². The van der Waals surface area contributed by atoms with Gasteiger partial charge in [0.15, 0.2) is 6.61 Å². The summed E-state index contributed by atoms with van der Waals surface area (Å²) in [5, 5.41) is 6.50. The molecule has 0 saturated heterocycles. The molecular weight excluding hydrogens is 435 g/mol. The van der Waals surface area contributed by atoms with Crippen LogP contribution in [0.3, 0.4) is 0 Å². The van der Waals surface area contributed by atoms with Crippen LogP contribution in [-0.2, 0) is 9.59 Å². The van der Waals surface area contributed by atoms with Crippen molar-refractivity contribution in [1.29, 1.82) is 0 Å². The molecule has 3 rings (SSSR count). The second-order valence-corrected chi connectivity index (χ2v) is 8.08. The van der Waals surface area contributed by atoms with Gasteiger partial charge in [-0.2, -0.15) is 0 Å². The Morgan fingerprint density at radius 1 is 1.10 bits per heavy atom. The molecule has 5 nitrogen and oxygen atoms in total. The van der Waals surface area contributed by atoms with Crippen LogP contribution in [0.4, 0.5) is 5.69 Å². The zero-order valence-electron chi connectivity index (χ0n) is 17.2. The molecule has 0 heterocycles. The van der Waals surface area contributed by atoms with Crippen LogP contribution in [-0.4, -0.2) is 25.0 Å². The lowest BCUT2D eigenvalue weighted by Crippen LogP contribution is -2.29. The molecule has 0 aromatic heterocycles. The smallest absolute Gasteiger partial charge is 0.257 e. The highest BCUT2D eigenvalue weighted by molar-refractivity contribution is 6.42. The van der Waals surface area contributed by atoms with Gasteiger partial charge < -0.3 is 15.4 Å². The molecule has 1 unspecified atom stereocenters. The lowest BCUT2D eigenvalue weighted by atomic mass is 10.0. The van der Waals surface area contributed by atoms with E-state index in [-0.39, 0.29) is 18.4 Å². The van der Waals surface area contributed by atoms with E-state index in [1.54, 1.807) is 18.2 Å². The summed E-state index contributed by atoms with van der Waals surface area (Å²) in [6, 6.07) is 12.7. The van der Waals surface area contributed by atoms with Crippen LogP contribution in [0.15, 0.2) is 60.7 Å². The number of ether oxygens (including phenoxy) is 1. The molecule has 2 amide bonds. The Kier molecular flexibility index (Phi) is 8.15. The quantitative estimate of drug-likeness (QED) is 0.487. The molecule has 0 spiro atoms. The van der Waals surface area contributed by atoms with Gasteiger partial charge in [0.1, 0.15) is 5.75 Å². The molecule has 2 aromatic carbocycles. The van der Waals surface area contributed by atoms with Gasteiger partial charge in [-0.05, 0) is 54.2 Å². The maximum atomic E-state index is 12.0. The third kappa shape index (κ3) is 7.16. The number of halogens is 2. The Bertz CT molecular complexity index is 1020. The maximum Gasteiger partial charge on any atom is 0.257 e. The topological polar surface area (TPSA) is 67.4 Å². The zero-order valence-corrected chi connectivity index (χ0v) is 18.7. The SMILES string of the molecule is CC(=O)Nc1cccc(C2=CC(CCCNC(=O)COc3ccc(Cl)c(Cl)c3)C=C2)c1. The van der Waals surface area contributed by atoms with Crippen LogP contribution in [0.2, 0.25) is 10.0 Å². The number of carbonyl (C=O) groups is 2. The number of benzene rings is 2. The standard InChI is InChI=1S/C24H24Cl2N2O3/c1-16(29)28-20-6-2-5-18(13-20)19-8-7-17(12-19)4-3-11-27-24(30)15-31-21-9-10-22(25)23(26)14-21/h2,5-10,12-14,17H,3-4,11,15H2,1H3,(H,27,30)(H,28,29). The van der Waals surface area contributed by atoms with Crippen molar-refractivity contribution in [3.8, 4) is 5.75 Å². The number of amides is 2. The van der Waals surface area contributed by atoms with Gasteiger partial charge in [0.2, 0.25) is 5.91 Å². The summed E-state index contributed by atoms with van der Waals surface area (Å²) in [5.74, 6) is 0.555. The Morgan fingerprint density at radius 3 is 2.71 bits per heavy atom. The summed E-state index contributed by atoms with van der Waals surface area (Å²) >= 11 is 11.8. The fourth-order valence-corrected chi connectivity index (χ4v) is 3.54. The van der Waals surface area contributed by atoms with Crippen molar-refractivity contribution in [1.82, 2.24) is 5.32 Å². The van der Waals surface area contributed by atoms with Gasteiger partial charge in [-0.15, -0.1) is 0 Å². The van der Waals surface area contributed by atoms with Gasteiger partial charge in [-0.3, -0.25) is 9.59 Å². The predicted molar refractivity (Wildman–Crippen MR) is 126 cm³/mol. The number of anilines is 1. The second kappa shape index (κ2) is 11.0. The van der Waals surface area contributed by atoms with Crippen LogP contribution in [0.25, 0.3) is 5.57 Å². The van der Waals surface area contributed by atoms with Crippen molar-refractivity contribution >= 4 is 46.3 Å². The van der Waals surface area contributed by atoms with E-state index < -0.39 is 0 Å². The molecule has 0 fully saturated rings. The molecule has 0 radical (unpaired) electrons. The Morgan fingerprint density at radius 2 is 1.94 bits per heavy atom. The third-order valence-electron chi connectivity index (χ3n) is 4.73. The number of hydrogen-bond donors (Lipinski definition) is 2. The molecule has 0 bridgehead atoms. The van der Waals surface area contributed by atoms with E-state index in [2.05, 4.69) is 28.9 Å². The Labute approximate surface area is 192 Å². The fraction of sp³-hybridized carbons (Fsp3) is 0.250. The van der Waals surface area contributed by atoms with Gasteiger partial charge in [-0.25, -0.2) is 0 Å². The van der Waals surface area contributed by atoms with E-state index in [4.69, 9.17) is 27.9 Å². The molecular formula is C24H24Cl2N2O3. The maximum absolute atomic E-state index is 12.0. The van der Waals surface area contributed by atoms with Gasteiger partial charge in [0.25, 0.3) is 5.91 Å². The minimum Gasteiger partial charge on any atom is -0.484 e. The van der Waals surface area contributed by atoms with Crippen LogP contribution < -0.4 is 15.4 Å². The average Bonchev–Trinajstić information content (AvgIpc) is 3.21. The van der Waals surface area contributed by atoms with E-state index in [9.17, 15) is 9.59 Å². The summed E-state index contributed by atoms with van der Waals surface area (Å²) < 4.78 is 5.43. The predicted octanol–water partition coefficient (Wildman–Crippen LogP) is 5.50. The van der Waals surface area contributed by atoms with Crippen LogP contribution in [0, 0.1) is 5.92 Å².